The molecular formula is C27H26N2O4. The van der Waals surface area contributed by atoms with Crippen molar-refractivity contribution in [3.05, 3.63) is 89.6 Å². The van der Waals surface area contributed by atoms with Crippen molar-refractivity contribution in [2.24, 2.45) is 0 Å². The molecule has 0 aromatic heterocycles. The van der Waals surface area contributed by atoms with E-state index in [9.17, 15) is 9.59 Å². The summed E-state index contributed by atoms with van der Waals surface area (Å²) in [6.45, 7) is 4.42. The van der Waals surface area contributed by atoms with E-state index in [4.69, 9.17) is 9.47 Å². The first-order chi connectivity index (χ1) is 16.1. The Balaban J connectivity index is 1.84. The van der Waals surface area contributed by atoms with Crippen LogP contribution in [-0.2, 0) is 16.0 Å². The van der Waals surface area contributed by atoms with Gasteiger partial charge >= 0.3 is 0 Å². The van der Waals surface area contributed by atoms with E-state index in [1.54, 1.807) is 31.4 Å². The Morgan fingerprint density at radius 1 is 0.818 bits per heavy atom. The van der Waals surface area contributed by atoms with Gasteiger partial charge < -0.3 is 14.8 Å². The molecule has 33 heavy (non-hydrogen) atoms. The Hall–Kier alpha value is -4.06. The minimum absolute atomic E-state index is 0.177. The number of carbonyl (C=O) groups is 2. The van der Waals surface area contributed by atoms with Crippen molar-refractivity contribution in [1.29, 1.82) is 0 Å². The van der Waals surface area contributed by atoms with Crippen molar-refractivity contribution in [3.63, 3.8) is 0 Å². The molecule has 6 heteroatoms. The van der Waals surface area contributed by atoms with Crippen LogP contribution in [0.1, 0.15) is 25.0 Å². The van der Waals surface area contributed by atoms with Crippen LogP contribution >= 0.6 is 0 Å². The largest absolute Gasteiger partial charge is 0.496 e. The highest BCUT2D eigenvalue weighted by atomic mass is 16.5. The summed E-state index contributed by atoms with van der Waals surface area (Å²) in [7, 11) is 1.54. The maximum atomic E-state index is 13.7. The van der Waals surface area contributed by atoms with Crippen LogP contribution in [-0.4, -0.2) is 25.5 Å². The summed E-state index contributed by atoms with van der Waals surface area (Å²) in [4.78, 5) is 28.5. The van der Waals surface area contributed by atoms with Crippen LogP contribution in [0.3, 0.4) is 0 Å². The lowest BCUT2D eigenvalue weighted by atomic mass is 10.0. The quantitative estimate of drug-likeness (QED) is 0.494. The van der Waals surface area contributed by atoms with Gasteiger partial charge in [0.1, 0.15) is 17.2 Å². The number of nitrogens with zero attached hydrogens (tertiary/aromatic N) is 1. The number of carbonyl (C=O) groups excluding carboxylic acids is 2. The first-order valence-electron chi connectivity index (χ1n) is 10.9. The number of hydrogen-bond acceptors (Lipinski definition) is 5. The fraction of sp³-hybridized carbons (Fsp3) is 0.185. The standard InChI is InChI=1S/C27H26N2O4/c1-4-18-14-16-19(17-15-18)29-26(30)24(20-10-6-8-12-22(20)32-3)25(27(29)31)28-21-11-7-9-13-23(21)33-5-2/h6-17,28H,4-5H2,1-3H3. The second-order valence-corrected chi connectivity index (χ2v) is 7.47. The average Bonchev–Trinajstić information content (AvgIpc) is 3.09. The molecule has 1 heterocycles. The van der Waals surface area contributed by atoms with Gasteiger partial charge in [0, 0.05) is 5.56 Å². The van der Waals surface area contributed by atoms with Gasteiger partial charge in [-0.15, -0.1) is 0 Å². The average molecular weight is 443 g/mol. The van der Waals surface area contributed by atoms with Crippen LogP contribution in [0.2, 0.25) is 0 Å². The van der Waals surface area contributed by atoms with Crippen molar-refractivity contribution >= 4 is 28.8 Å². The number of nitrogens with one attached hydrogen (secondary N) is 1. The Morgan fingerprint density at radius 3 is 2.15 bits per heavy atom. The van der Waals surface area contributed by atoms with E-state index in [1.807, 2.05) is 55.5 Å². The lowest BCUT2D eigenvalue weighted by Gasteiger charge is -2.16. The molecule has 3 aromatic carbocycles. The fourth-order valence-corrected chi connectivity index (χ4v) is 3.85. The number of hydrogen-bond donors (Lipinski definition) is 1. The second-order valence-electron chi connectivity index (χ2n) is 7.47. The number of para-hydroxylation sites is 3. The van der Waals surface area contributed by atoms with Gasteiger partial charge in [-0.25, -0.2) is 4.90 Å². The van der Waals surface area contributed by atoms with Gasteiger partial charge in [0.2, 0.25) is 0 Å². The third-order valence-corrected chi connectivity index (χ3v) is 5.51. The molecular weight excluding hydrogens is 416 g/mol. The van der Waals surface area contributed by atoms with Crippen molar-refractivity contribution in [1.82, 2.24) is 0 Å². The summed E-state index contributed by atoms with van der Waals surface area (Å²) in [5.41, 5.74) is 3.22. The van der Waals surface area contributed by atoms with E-state index in [-0.39, 0.29) is 11.3 Å². The van der Waals surface area contributed by atoms with E-state index in [0.29, 0.717) is 35.0 Å². The van der Waals surface area contributed by atoms with Crippen molar-refractivity contribution in [2.45, 2.75) is 20.3 Å². The highest BCUT2D eigenvalue weighted by Gasteiger charge is 2.41. The minimum Gasteiger partial charge on any atom is -0.496 e. The summed E-state index contributed by atoms with van der Waals surface area (Å²) in [5.74, 6) is 0.258. The number of aryl methyl sites for hydroxylation is 1. The molecule has 1 aliphatic heterocycles. The molecule has 0 saturated carbocycles. The Kier molecular flexibility index (Phi) is 6.45. The molecule has 0 bridgehead atoms. The van der Waals surface area contributed by atoms with Crippen LogP contribution in [0.4, 0.5) is 11.4 Å². The van der Waals surface area contributed by atoms with Crippen molar-refractivity contribution in [3.8, 4) is 11.5 Å². The Bertz CT molecular complexity index is 1210. The molecule has 0 atom stereocenters. The molecule has 0 aliphatic carbocycles. The van der Waals surface area contributed by atoms with Crippen molar-refractivity contribution in [2.75, 3.05) is 23.9 Å². The van der Waals surface area contributed by atoms with Gasteiger partial charge in [0.05, 0.1) is 30.7 Å². The Labute approximate surface area is 193 Å². The predicted octanol–water partition coefficient (Wildman–Crippen LogP) is 5.05. The molecule has 3 aromatic rings. The van der Waals surface area contributed by atoms with Crippen LogP contribution < -0.4 is 19.7 Å². The van der Waals surface area contributed by atoms with Gasteiger partial charge in [0.25, 0.3) is 11.8 Å². The molecule has 168 valence electrons. The summed E-state index contributed by atoms with van der Waals surface area (Å²) < 4.78 is 11.2. The number of rotatable bonds is 8. The number of anilines is 2. The summed E-state index contributed by atoms with van der Waals surface area (Å²) >= 11 is 0. The number of benzene rings is 3. The highest BCUT2D eigenvalue weighted by molar-refractivity contribution is 6.46. The van der Waals surface area contributed by atoms with Gasteiger partial charge in [-0.2, -0.15) is 0 Å². The number of amides is 2. The normalized spacial score (nSPS) is 13.5. The number of imide groups is 1. The molecule has 0 fully saturated rings. The molecule has 0 spiro atoms. The minimum atomic E-state index is -0.434. The highest BCUT2D eigenvalue weighted by Crippen LogP contribution is 2.38. The third kappa shape index (κ3) is 4.20. The zero-order valence-corrected chi connectivity index (χ0v) is 18.9. The maximum Gasteiger partial charge on any atom is 0.282 e. The van der Waals surface area contributed by atoms with E-state index >= 15 is 0 Å². The zero-order valence-electron chi connectivity index (χ0n) is 18.9. The first kappa shape index (κ1) is 22.1. The van der Waals surface area contributed by atoms with Gasteiger partial charge in [-0.3, -0.25) is 9.59 Å². The van der Waals surface area contributed by atoms with Crippen LogP contribution in [0.5, 0.6) is 11.5 Å². The topological polar surface area (TPSA) is 67.9 Å². The predicted molar refractivity (Wildman–Crippen MR) is 129 cm³/mol. The van der Waals surface area contributed by atoms with Gasteiger partial charge in [-0.05, 0) is 49.2 Å². The molecule has 2 amide bonds. The second kappa shape index (κ2) is 9.61. The fourth-order valence-electron chi connectivity index (χ4n) is 3.85. The monoisotopic (exact) mass is 442 g/mol. The summed E-state index contributed by atoms with van der Waals surface area (Å²) in [6.07, 6.45) is 0.869. The Morgan fingerprint density at radius 2 is 1.48 bits per heavy atom. The molecule has 1 N–H and O–H groups in total. The summed E-state index contributed by atoms with van der Waals surface area (Å²) in [5, 5.41) is 3.18. The van der Waals surface area contributed by atoms with E-state index in [1.165, 1.54) is 4.90 Å². The molecule has 0 saturated heterocycles. The first-order valence-corrected chi connectivity index (χ1v) is 10.9. The molecule has 1 aliphatic rings. The number of ether oxygens (including phenoxy) is 2. The SMILES string of the molecule is CCOc1ccccc1NC1=C(c2ccccc2OC)C(=O)N(c2ccc(CC)cc2)C1=O. The molecule has 0 unspecified atom stereocenters. The van der Waals surface area contributed by atoms with Crippen LogP contribution in [0.25, 0.3) is 5.57 Å². The van der Waals surface area contributed by atoms with Crippen molar-refractivity contribution < 1.29 is 19.1 Å². The summed E-state index contributed by atoms with van der Waals surface area (Å²) in [6, 6.07) is 22.0. The molecule has 6 nitrogen and oxygen atoms in total. The third-order valence-electron chi connectivity index (χ3n) is 5.51. The maximum absolute atomic E-state index is 13.7. The smallest absolute Gasteiger partial charge is 0.282 e. The van der Waals surface area contributed by atoms with E-state index in [2.05, 4.69) is 12.2 Å². The van der Waals surface area contributed by atoms with Gasteiger partial charge in [0.15, 0.2) is 0 Å². The van der Waals surface area contributed by atoms with Crippen LogP contribution in [0, 0.1) is 0 Å². The van der Waals surface area contributed by atoms with E-state index < -0.39 is 11.8 Å². The number of methoxy groups -OCH3 is 1. The van der Waals surface area contributed by atoms with E-state index in [0.717, 1.165) is 12.0 Å². The zero-order chi connectivity index (χ0) is 23.4. The molecule has 0 radical (unpaired) electrons. The lowest BCUT2D eigenvalue weighted by molar-refractivity contribution is -0.120. The van der Waals surface area contributed by atoms with Gasteiger partial charge in [-0.1, -0.05) is 49.4 Å². The molecule has 4 rings (SSSR count). The lowest BCUT2D eigenvalue weighted by Crippen LogP contribution is -2.32. The van der Waals surface area contributed by atoms with Crippen LogP contribution in [0.15, 0.2) is 78.5 Å².